The zero-order valence-electron chi connectivity index (χ0n) is 33.2. The first-order valence-electron chi connectivity index (χ1n) is 18.3. The first kappa shape index (κ1) is 50.1. The van der Waals surface area contributed by atoms with E-state index in [0.717, 1.165) is 21.3 Å². The average Bonchev–Trinajstić information content (AvgIpc) is 3.25. The first-order valence-corrected chi connectivity index (χ1v) is 18.3. The number of nitrogens with zero attached hydrogens (tertiary/aromatic N) is 5. The number of rotatable bonds is 8. The Morgan fingerprint density at radius 2 is 1.16 bits per heavy atom. The molecule has 0 bridgehead atoms. The molecule has 0 atom stereocenters. The molecule has 0 saturated carbocycles. The zero-order valence-corrected chi connectivity index (χ0v) is 33.2. The fourth-order valence-corrected chi connectivity index (χ4v) is 5.85. The number of hydrogen-bond donors (Lipinski definition) is 2. The molecule has 2 aromatic heterocycles. The molecule has 0 unspecified atom stereocenters. The molecule has 2 heterocycles. The van der Waals surface area contributed by atoms with E-state index in [-0.39, 0.29) is 54.5 Å². The summed E-state index contributed by atoms with van der Waals surface area (Å²) < 4.78 is 88.3. The van der Waals surface area contributed by atoms with Gasteiger partial charge in [-0.2, -0.15) is 26.3 Å². The number of carbonyl (C=O) groups excluding carboxylic acids is 2. The molecule has 0 aliphatic heterocycles. The lowest BCUT2D eigenvalue weighted by Crippen LogP contribution is -2.25. The van der Waals surface area contributed by atoms with Crippen LogP contribution in [0.2, 0.25) is 0 Å². The number of pyridine rings is 2. The quantitative estimate of drug-likeness (QED) is 0.0675. The van der Waals surface area contributed by atoms with Crippen molar-refractivity contribution in [1.29, 1.82) is 0 Å². The Morgan fingerprint density at radius 3 is 1.52 bits per heavy atom. The van der Waals surface area contributed by atoms with Gasteiger partial charge in [0, 0.05) is 49.2 Å². The highest BCUT2D eigenvalue weighted by Gasteiger charge is 2.37. The van der Waals surface area contributed by atoms with E-state index in [1.807, 2.05) is 0 Å². The van der Waals surface area contributed by atoms with Gasteiger partial charge in [-0.1, -0.05) is 92.4 Å². The van der Waals surface area contributed by atoms with E-state index in [9.17, 15) is 45.8 Å². The van der Waals surface area contributed by atoms with Crippen molar-refractivity contribution in [2.45, 2.75) is 39.8 Å². The summed E-state index contributed by atoms with van der Waals surface area (Å²) in [5.74, 6) is -0.0626. The highest BCUT2D eigenvalue weighted by atomic mass is 19.4. The SMILES string of the molecule is C.CCN=C=O.[C-]#[N+]c1c(C(F)(F)F)cc(-c2cccc(O)c2)n(Cc2ccccc2)c1=O.[C-]#[N+]c1c(C(F)(F)F)cc(-c2cccc(OC(=O)NC)c2)n(Cc2ccccc2)c1=O. The lowest BCUT2D eigenvalue weighted by molar-refractivity contribution is -0.137. The number of carbonyl (C=O) groups is 1. The number of isocyanates is 1. The minimum absolute atomic E-state index is 0. The maximum Gasteiger partial charge on any atom is 0.412 e. The highest BCUT2D eigenvalue weighted by Crippen LogP contribution is 2.39. The Balaban J connectivity index is 0.000000306. The van der Waals surface area contributed by atoms with Crippen molar-refractivity contribution in [2.24, 2.45) is 4.99 Å². The van der Waals surface area contributed by atoms with Crippen LogP contribution in [0.1, 0.15) is 36.6 Å². The number of nitrogens with one attached hydrogen (secondary N) is 1. The molecule has 0 spiro atoms. The second-order valence-corrected chi connectivity index (χ2v) is 12.8. The third-order valence-corrected chi connectivity index (χ3v) is 8.66. The molecule has 0 fully saturated rings. The van der Waals surface area contributed by atoms with Crippen molar-refractivity contribution < 1.29 is 45.8 Å². The zero-order chi connectivity index (χ0) is 46.3. The summed E-state index contributed by atoms with van der Waals surface area (Å²) >= 11 is 0. The molecule has 0 saturated heterocycles. The number of aliphatic imine (C=N–C) groups is 1. The van der Waals surface area contributed by atoms with E-state index in [2.05, 4.69) is 20.0 Å². The van der Waals surface area contributed by atoms with Gasteiger partial charge >= 0.3 is 18.4 Å². The second-order valence-electron chi connectivity index (χ2n) is 12.8. The van der Waals surface area contributed by atoms with Crippen LogP contribution in [0, 0.1) is 13.1 Å². The predicted octanol–water partition coefficient (Wildman–Crippen LogP) is 10.7. The third kappa shape index (κ3) is 12.9. The van der Waals surface area contributed by atoms with Gasteiger partial charge in [0.1, 0.15) is 11.5 Å². The number of hydrogen-bond acceptors (Lipinski definition) is 7. The van der Waals surface area contributed by atoms with E-state index in [1.54, 1.807) is 67.6 Å². The number of alkyl halides is 6. The molecule has 64 heavy (non-hydrogen) atoms. The maximum atomic E-state index is 13.6. The van der Waals surface area contributed by atoms with Crippen molar-refractivity contribution in [1.82, 2.24) is 14.5 Å². The fraction of sp³-hybridized carbons (Fsp3) is 0.174. The van der Waals surface area contributed by atoms with Crippen LogP contribution < -0.4 is 21.2 Å². The van der Waals surface area contributed by atoms with Crippen LogP contribution in [0.25, 0.3) is 32.2 Å². The largest absolute Gasteiger partial charge is 0.508 e. The van der Waals surface area contributed by atoms with Gasteiger partial charge < -0.3 is 24.3 Å². The molecule has 2 N–H and O–H groups in total. The van der Waals surface area contributed by atoms with E-state index in [1.165, 1.54) is 61.7 Å². The van der Waals surface area contributed by atoms with Gasteiger partial charge in [0.15, 0.2) is 0 Å². The monoisotopic (exact) mass is 884 g/mol. The number of halogens is 6. The first-order chi connectivity index (χ1) is 30.0. The lowest BCUT2D eigenvalue weighted by Gasteiger charge is -2.18. The molecule has 330 valence electrons. The molecule has 0 aliphatic carbocycles. The van der Waals surface area contributed by atoms with Crippen molar-refractivity contribution in [3.63, 3.8) is 0 Å². The van der Waals surface area contributed by atoms with Crippen LogP contribution in [-0.2, 0) is 30.2 Å². The summed E-state index contributed by atoms with van der Waals surface area (Å²) in [6, 6.07) is 30.4. The Hall–Kier alpha value is -8.21. The second kappa shape index (κ2) is 22.6. The van der Waals surface area contributed by atoms with Crippen molar-refractivity contribution in [2.75, 3.05) is 13.6 Å². The maximum absolute atomic E-state index is 13.6. The third-order valence-electron chi connectivity index (χ3n) is 8.66. The van der Waals surface area contributed by atoms with Gasteiger partial charge in [0.05, 0.1) is 24.3 Å². The van der Waals surface area contributed by atoms with Gasteiger partial charge in [-0.25, -0.2) is 24.3 Å². The standard InChI is InChI=1S/C22H16F3N3O3.C20H13F3N2O2.C3H5NO.CH4/c1-26-19-17(22(23,24)25)12-18(15-9-6-10-16(11-15)31-21(30)27-2)28(20(19)29)13-14-7-4-3-5-8-14;1-24-18-16(20(21,22)23)11-17(14-8-5-9-15(26)10-14)25(19(18)27)12-13-6-3-2-4-7-13;1-2-4-3-5;/h3-12H,13H2,2H3,(H,27,30);2-11,26H,12H2;2H2,1H3;1H4. The number of amides is 1. The molecule has 0 radical (unpaired) electrons. The topological polar surface area (TPSA) is 141 Å². The molecule has 4 aromatic carbocycles. The molecule has 12 nitrogen and oxygen atoms in total. The number of benzene rings is 4. The van der Waals surface area contributed by atoms with E-state index >= 15 is 0 Å². The van der Waals surface area contributed by atoms with E-state index < -0.39 is 52.1 Å². The normalized spacial score (nSPS) is 10.5. The smallest absolute Gasteiger partial charge is 0.412 e. The summed E-state index contributed by atoms with van der Waals surface area (Å²) in [5.41, 5.74) is -4.92. The van der Waals surface area contributed by atoms with E-state index in [0.29, 0.717) is 17.7 Å². The summed E-state index contributed by atoms with van der Waals surface area (Å²) in [7, 11) is 1.36. The molecular formula is C46H38F6N6O6. The van der Waals surface area contributed by atoms with Crippen LogP contribution in [0.5, 0.6) is 11.5 Å². The summed E-state index contributed by atoms with van der Waals surface area (Å²) in [5, 5.41) is 12.0. The highest BCUT2D eigenvalue weighted by molar-refractivity contribution is 5.72. The van der Waals surface area contributed by atoms with Gasteiger partial charge in [0.25, 0.3) is 22.5 Å². The average molecular weight is 885 g/mol. The van der Waals surface area contributed by atoms with Crippen LogP contribution in [0.3, 0.4) is 0 Å². The molecule has 6 aromatic rings. The number of ether oxygens (including phenoxy) is 1. The van der Waals surface area contributed by atoms with Crippen LogP contribution in [-0.4, -0.2) is 40.0 Å². The summed E-state index contributed by atoms with van der Waals surface area (Å²) in [4.78, 5) is 55.1. The fourth-order valence-electron chi connectivity index (χ4n) is 5.85. The van der Waals surface area contributed by atoms with Gasteiger partial charge in [-0.05, 0) is 54.4 Å². The van der Waals surface area contributed by atoms with Crippen LogP contribution in [0.15, 0.2) is 136 Å². The van der Waals surface area contributed by atoms with E-state index in [4.69, 9.17) is 22.7 Å². The molecule has 6 rings (SSSR count). The Labute approximate surface area is 362 Å². The lowest BCUT2D eigenvalue weighted by atomic mass is 10.1. The molecule has 0 aliphatic rings. The molecule has 1 amide bonds. The van der Waals surface area contributed by atoms with Crippen molar-refractivity contribution >= 4 is 23.5 Å². The summed E-state index contributed by atoms with van der Waals surface area (Å²) in [6.45, 7) is 16.5. The van der Waals surface area contributed by atoms with Gasteiger partial charge in [-0.3, -0.25) is 9.59 Å². The number of aromatic nitrogens is 2. The Bertz CT molecular complexity index is 2820. The summed E-state index contributed by atoms with van der Waals surface area (Å²) in [6.07, 6.45) is -9.10. The number of phenols is 1. The van der Waals surface area contributed by atoms with Gasteiger partial charge in [0.2, 0.25) is 6.08 Å². The molecule has 18 heteroatoms. The van der Waals surface area contributed by atoms with Crippen LogP contribution in [0.4, 0.5) is 42.5 Å². The van der Waals surface area contributed by atoms with Crippen molar-refractivity contribution in [3.05, 3.63) is 187 Å². The van der Waals surface area contributed by atoms with Crippen molar-refractivity contribution in [3.8, 4) is 34.0 Å². The minimum Gasteiger partial charge on any atom is -0.508 e. The Morgan fingerprint density at radius 1 is 0.719 bits per heavy atom. The van der Waals surface area contributed by atoms with Gasteiger partial charge in [-0.15, -0.1) is 0 Å². The Kier molecular flexibility index (Phi) is 17.7. The molecular weight excluding hydrogens is 847 g/mol. The predicted molar refractivity (Wildman–Crippen MR) is 228 cm³/mol. The number of phenolic OH excluding ortho intramolecular Hbond substituents is 1. The number of aromatic hydroxyl groups is 1. The minimum atomic E-state index is -4.89. The van der Waals surface area contributed by atoms with Crippen LogP contribution >= 0.6 is 0 Å².